The molecule has 1 saturated heterocycles. The number of halogens is 1. The number of amides is 1. The molecule has 0 aliphatic carbocycles. The summed E-state index contributed by atoms with van der Waals surface area (Å²) >= 11 is 0. The third-order valence-electron chi connectivity index (χ3n) is 2.55. The van der Waals surface area contributed by atoms with Crippen LogP contribution in [0.15, 0.2) is 18.2 Å². The molecule has 16 heavy (non-hydrogen) atoms. The third kappa shape index (κ3) is 2.14. The van der Waals surface area contributed by atoms with Gasteiger partial charge in [-0.2, -0.15) is 0 Å². The van der Waals surface area contributed by atoms with E-state index in [-0.39, 0.29) is 24.7 Å². The summed E-state index contributed by atoms with van der Waals surface area (Å²) in [5.74, 6) is -0.560. The molecule has 4 nitrogen and oxygen atoms in total. The first kappa shape index (κ1) is 10.9. The number of hydrogen-bond donors (Lipinski definition) is 1. The Balaban J connectivity index is 2.14. The van der Waals surface area contributed by atoms with Crippen LogP contribution in [-0.2, 0) is 16.1 Å². The third-order valence-corrected chi connectivity index (χ3v) is 2.55. The van der Waals surface area contributed by atoms with Gasteiger partial charge in [-0.1, -0.05) is 12.1 Å². The number of morpholine rings is 1. The van der Waals surface area contributed by atoms with Crippen LogP contribution in [0.5, 0.6) is 0 Å². The number of anilines is 1. The van der Waals surface area contributed by atoms with E-state index in [0.717, 1.165) is 0 Å². The molecule has 5 heteroatoms. The fourth-order valence-electron chi connectivity index (χ4n) is 1.64. The van der Waals surface area contributed by atoms with Gasteiger partial charge in [-0.15, -0.1) is 0 Å². The molecule has 0 radical (unpaired) electrons. The maximum absolute atomic E-state index is 13.6. The summed E-state index contributed by atoms with van der Waals surface area (Å²) < 4.78 is 18.6. The molecule has 1 aromatic carbocycles. The van der Waals surface area contributed by atoms with E-state index in [2.05, 4.69) is 0 Å². The number of carbonyl (C=O) groups is 1. The lowest BCUT2D eigenvalue weighted by molar-refractivity contribution is -0.143. The van der Waals surface area contributed by atoms with Gasteiger partial charge in [0.2, 0.25) is 5.91 Å². The van der Waals surface area contributed by atoms with Crippen LogP contribution in [0.25, 0.3) is 0 Å². The van der Waals surface area contributed by atoms with Gasteiger partial charge in [-0.3, -0.25) is 4.79 Å². The number of ether oxygens (including phenoxy) is 1. The van der Waals surface area contributed by atoms with Crippen molar-refractivity contribution in [2.45, 2.75) is 6.54 Å². The number of nitrogens with two attached hydrogens (primary N) is 1. The highest BCUT2D eigenvalue weighted by molar-refractivity contribution is 5.78. The molecule has 1 aromatic rings. The van der Waals surface area contributed by atoms with E-state index in [1.54, 1.807) is 17.0 Å². The smallest absolute Gasteiger partial charge is 0.248 e. The van der Waals surface area contributed by atoms with E-state index in [1.807, 2.05) is 0 Å². The molecule has 1 aliphatic heterocycles. The maximum atomic E-state index is 13.6. The highest BCUT2D eigenvalue weighted by atomic mass is 19.1. The Morgan fingerprint density at radius 3 is 3.06 bits per heavy atom. The van der Waals surface area contributed by atoms with Crippen molar-refractivity contribution in [2.75, 3.05) is 25.5 Å². The second kappa shape index (κ2) is 4.49. The Morgan fingerprint density at radius 1 is 1.50 bits per heavy atom. The Bertz CT molecular complexity index is 409. The SMILES string of the molecule is Nc1cccc(CN2CCOCC2=O)c1F. The minimum atomic E-state index is -0.443. The normalized spacial score (nSPS) is 16.6. The predicted molar refractivity (Wildman–Crippen MR) is 57.0 cm³/mol. The van der Waals surface area contributed by atoms with Gasteiger partial charge in [-0.25, -0.2) is 4.39 Å². The standard InChI is InChI=1S/C11H13FN2O2/c12-11-8(2-1-3-9(11)13)6-14-4-5-16-7-10(14)15/h1-3H,4-7,13H2. The number of nitrogen functional groups attached to an aromatic ring is 1. The number of nitrogens with zero attached hydrogens (tertiary/aromatic N) is 1. The van der Waals surface area contributed by atoms with Crippen molar-refractivity contribution in [3.8, 4) is 0 Å². The molecule has 1 heterocycles. The molecule has 0 spiro atoms. The molecule has 0 unspecified atom stereocenters. The summed E-state index contributed by atoms with van der Waals surface area (Å²) in [6, 6.07) is 4.81. The van der Waals surface area contributed by atoms with Gasteiger partial charge in [0.25, 0.3) is 0 Å². The van der Waals surface area contributed by atoms with E-state index < -0.39 is 5.82 Å². The molecule has 0 saturated carbocycles. The second-order valence-corrected chi connectivity index (χ2v) is 3.69. The molecular weight excluding hydrogens is 211 g/mol. The van der Waals surface area contributed by atoms with E-state index in [1.165, 1.54) is 6.07 Å². The van der Waals surface area contributed by atoms with Gasteiger partial charge in [-0.05, 0) is 6.07 Å². The van der Waals surface area contributed by atoms with Crippen LogP contribution in [-0.4, -0.2) is 30.6 Å². The van der Waals surface area contributed by atoms with Crippen molar-refractivity contribution in [1.29, 1.82) is 0 Å². The van der Waals surface area contributed by atoms with Crippen LogP contribution in [0.1, 0.15) is 5.56 Å². The minimum absolute atomic E-state index is 0.0733. The van der Waals surface area contributed by atoms with Crippen LogP contribution in [0.4, 0.5) is 10.1 Å². The largest absolute Gasteiger partial charge is 0.396 e. The zero-order valence-electron chi connectivity index (χ0n) is 8.78. The quantitative estimate of drug-likeness (QED) is 0.755. The zero-order valence-corrected chi connectivity index (χ0v) is 8.78. The molecule has 1 amide bonds. The number of carbonyl (C=O) groups excluding carboxylic acids is 1. The van der Waals surface area contributed by atoms with Gasteiger partial charge in [0.05, 0.1) is 12.3 Å². The molecule has 86 valence electrons. The van der Waals surface area contributed by atoms with E-state index in [0.29, 0.717) is 18.7 Å². The van der Waals surface area contributed by atoms with Gasteiger partial charge >= 0.3 is 0 Å². The summed E-state index contributed by atoms with van der Waals surface area (Å²) in [5.41, 5.74) is 6.01. The first-order valence-corrected chi connectivity index (χ1v) is 5.07. The Labute approximate surface area is 92.8 Å². The molecule has 1 fully saturated rings. The molecule has 0 aromatic heterocycles. The highest BCUT2D eigenvalue weighted by Crippen LogP contribution is 2.17. The predicted octanol–water partition coefficient (Wildman–Crippen LogP) is 0.767. The van der Waals surface area contributed by atoms with Crippen LogP contribution in [0.2, 0.25) is 0 Å². The van der Waals surface area contributed by atoms with Crippen molar-refractivity contribution in [3.63, 3.8) is 0 Å². The van der Waals surface area contributed by atoms with Crippen LogP contribution < -0.4 is 5.73 Å². The number of rotatable bonds is 2. The molecule has 2 N–H and O–H groups in total. The summed E-state index contributed by atoms with van der Waals surface area (Å²) in [6.07, 6.45) is 0. The zero-order chi connectivity index (χ0) is 11.5. The minimum Gasteiger partial charge on any atom is -0.396 e. The molecule has 0 atom stereocenters. The number of hydrogen-bond acceptors (Lipinski definition) is 3. The van der Waals surface area contributed by atoms with Gasteiger partial charge < -0.3 is 15.4 Å². The molecular formula is C11H13FN2O2. The molecule has 2 rings (SSSR count). The summed E-state index contributed by atoms with van der Waals surface area (Å²) in [7, 11) is 0. The van der Waals surface area contributed by atoms with Crippen molar-refractivity contribution in [1.82, 2.24) is 4.90 Å². The van der Waals surface area contributed by atoms with Crippen molar-refractivity contribution < 1.29 is 13.9 Å². The van der Waals surface area contributed by atoms with Gasteiger partial charge in [0.1, 0.15) is 6.61 Å². The van der Waals surface area contributed by atoms with Crippen LogP contribution in [0.3, 0.4) is 0 Å². The lowest BCUT2D eigenvalue weighted by Gasteiger charge is -2.27. The molecule has 1 aliphatic rings. The fourth-order valence-corrected chi connectivity index (χ4v) is 1.64. The van der Waals surface area contributed by atoms with Gasteiger partial charge in [0, 0.05) is 18.7 Å². The lowest BCUT2D eigenvalue weighted by Crippen LogP contribution is -2.41. The van der Waals surface area contributed by atoms with Crippen LogP contribution >= 0.6 is 0 Å². The summed E-state index contributed by atoms with van der Waals surface area (Å²) in [5, 5.41) is 0. The van der Waals surface area contributed by atoms with Gasteiger partial charge in [0.15, 0.2) is 5.82 Å². The monoisotopic (exact) mass is 224 g/mol. The van der Waals surface area contributed by atoms with Crippen molar-refractivity contribution >= 4 is 11.6 Å². The molecule has 0 bridgehead atoms. The fraction of sp³-hybridized carbons (Fsp3) is 0.364. The Kier molecular flexibility index (Phi) is 3.05. The van der Waals surface area contributed by atoms with Crippen molar-refractivity contribution in [3.05, 3.63) is 29.6 Å². The van der Waals surface area contributed by atoms with E-state index in [9.17, 15) is 9.18 Å². The van der Waals surface area contributed by atoms with E-state index in [4.69, 9.17) is 10.5 Å². The summed E-state index contributed by atoms with van der Waals surface area (Å²) in [6.45, 7) is 1.31. The topological polar surface area (TPSA) is 55.6 Å². The van der Waals surface area contributed by atoms with Crippen LogP contribution in [0, 0.1) is 5.82 Å². The number of benzene rings is 1. The van der Waals surface area contributed by atoms with Crippen molar-refractivity contribution in [2.24, 2.45) is 0 Å². The average molecular weight is 224 g/mol. The highest BCUT2D eigenvalue weighted by Gasteiger charge is 2.20. The average Bonchev–Trinajstić information content (AvgIpc) is 2.28. The summed E-state index contributed by atoms with van der Waals surface area (Å²) in [4.78, 5) is 13.0. The first-order valence-electron chi connectivity index (χ1n) is 5.07. The maximum Gasteiger partial charge on any atom is 0.248 e. The first-order chi connectivity index (χ1) is 7.68. The van der Waals surface area contributed by atoms with E-state index >= 15 is 0 Å². The Morgan fingerprint density at radius 2 is 2.31 bits per heavy atom. The lowest BCUT2D eigenvalue weighted by atomic mass is 10.1. The Hall–Kier alpha value is -1.62. The second-order valence-electron chi connectivity index (χ2n) is 3.69.